The molecule has 0 radical (unpaired) electrons. The number of halogens is 2. The first-order chi connectivity index (χ1) is 15.6. The maximum absolute atomic E-state index is 13.2. The number of hydrogen-bond acceptors (Lipinski definition) is 7. The number of sulfonamides is 1. The molecule has 11 heteroatoms. The van der Waals surface area contributed by atoms with Gasteiger partial charge in [0.1, 0.15) is 28.2 Å². The van der Waals surface area contributed by atoms with E-state index in [0.717, 1.165) is 11.4 Å². The van der Waals surface area contributed by atoms with Crippen LogP contribution in [0.1, 0.15) is 17.0 Å². The van der Waals surface area contributed by atoms with Crippen molar-refractivity contribution in [3.63, 3.8) is 0 Å². The Balaban J connectivity index is 1.50. The van der Waals surface area contributed by atoms with E-state index in [9.17, 15) is 8.42 Å². The summed E-state index contributed by atoms with van der Waals surface area (Å²) in [5, 5.41) is 3.78. The molecule has 174 valence electrons. The molecule has 0 spiro atoms. The second kappa shape index (κ2) is 9.42. The lowest BCUT2D eigenvalue weighted by molar-refractivity contribution is 0.383. The minimum absolute atomic E-state index is 0.0783. The van der Waals surface area contributed by atoms with E-state index in [1.54, 1.807) is 13.1 Å². The topological polar surface area (TPSA) is 91.3 Å². The third kappa shape index (κ3) is 5.22. The zero-order valence-corrected chi connectivity index (χ0v) is 20.8. The number of rotatable bonds is 5. The lowest BCUT2D eigenvalue weighted by atomic mass is 10.2. The number of aryl methyl sites for hydroxylation is 3. The van der Waals surface area contributed by atoms with Crippen molar-refractivity contribution in [2.24, 2.45) is 0 Å². The molecule has 2 aromatic heterocycles. The van der Waals surface area contributed by atoms with E-state index in [1.165, 1.54) is 16.4 Å². The molecule has 3 aromatic rings. The fourth-order valence-corrected chi connectivity index (χ4v) is 5.87. The first-order valence-corrected chi connectivity index (χ1v) is 12.6. The van der Waals surface area contributed by atoms with Crippen LogP contribution in [0.2, 0.25) is 10.0 Å². The fourth-order valence-electron chi connectivity index (χ4n) is 3.64. The maximum atomic E-state index is 13.2. The number of nitrogens with zero attached hydrogens (tertiary/aromatic N) is 5. The number of nitrogens with one attached hydrogen (secondary N) is 1. The summed E-state index contributed by atoms with van der Waals surface area (Å²) < 4.78 is 27.8. The van der Waals surface area contributed by atoms with Crippen LogP contribution in [0.25, 0.3) is 0 Å². The molecule has 3 heterocycles. The Bertz CT molecular complexity index is 1290. The highest BCUT2D eigenvalue weighted by atomic mass is 35.5. The standard InChI is InChI=1S/C22H24Cl2N6O2S/c1-14-4-5-25-20(10-14)28-21-13-22(27-16(3)26-21)29-6-8-30(9-7-29)33(31,32)19-11-15(2)17(23)12-18(19)24/h4-5,10-13H,6-9H2,1-3H3,(H,25,26,27,28). The minimum Gasteiger partial charge on any atom is -0.354 e. The van der Waals surface area contributed by atoms with E-state index in [2.05, 4.69) is 20.3 Å². The molecule has 0 aliphatic carbocycles. The summed E-state index contributed by atoms with van der Waals surface area (Å²) in [6.45, 7) is 7.17. The Labute approximate surface area is 203 Å². The number of piperazine rings is 1. The van der Waals surface area contributed by atoms with Crippen molar-refractivity contribution in [3.05, 3.63) is 63.5 Å². The summed E-state index contributed by atoms with van der Waals surface area (Å²) >= 11 is 12.3. The van der Waals surface area contributed by atoms with Gasteiger partial charge < -0.3 is 10.2 Å². The van der Waals surface area contributed by atoms with Crippen LogP contribution in [0.5, 0.6) is 0 Å². The first kappa shape index (κ1) is 23.7. The third-order valence-electron chi connectivity index (χ3n) is 5.39. The molecule has 1 saturated heterocycles. The predicted molar refractivity (Wildman–Crippen MR) is 131 cm³/mol. The van der Waals surface area contributed by atoms with Gasteiger partial charge in [0.2, 0.25) is 10.0 Å². The van der Waals surface area contributed by atoms with Crippen LogP contribution in [0.4, 0.5) is 17.5 Å². The van der Waals surface area contributed by atoms with E-state index >= 15 is 0 Å². The lowest BCUT2D eigenvalue weighted by Crippen LogP contribution is -2.49. The summed E-state index contributed by atoms with van der Waals surface area (Å²) in [4.78, 5) is 15.4. The van der Waals surface area contributed by atoms with Gasteiger partial charge in [-0.1, -0.05) is 23.2 Å². The van der Waals surface area contributed by atoms with E-state index in [1.807, 2.05) is 36.9 Å². The van der Waals surface area contributed by atoms with Gasteiger partial charge in [0.25, 0.3) is 0 Å². The lowest BCUT2D eigenvalue weighted by Gasteiger charge is -2.35. The molecule has 1 aromatic carbocycles. The summed E-state index contributed by atoms with van der Waals surface area (Å²) in [6.07, 6.45) is 1.74. The fraction of sp³-hybridized carbons (Fsp3) is 0.318. The highest BCUT2D eigenvalue weighted by Gasteiger charge is 2.31. The SMILES string of the molecule is Cc1ccnc(Nc2cc(N3CCN(S(=O)(=O)c4cc(C)c(Cl)cc4Cl)CC3)nc(C)n2)c1. The van der Waals surface area contributed by atoms with Gasteiger partial charge in [0, 0.05) is 43.5 Å². The Morgan fingerprint density at radius 1 is 0.909 bits per heavy atom. The number of hydrogen-bond donors (Lipinski definition) is 1. The number of pyridine rings is 1. The summed E-state index contributed by atoms with van der Waals surface area (Å²) in [7, 11) is -3.74. The summed E-state index contributed by atoms with van der Waals surface area (Å²) in [5.74, 6) is 2.68. The average Bonchev–Trinajstić information content (AvgIpc) is 2.76. The highest BCUT2D eigenvalue weighted by molar-refractivity contribution is 7.89. The first-order valence-electron chi connectivity index (χ1n) is 10.4. The van der Waals surface area contributed by atoms with Crippen LogP contribution >= 0.6 is 23.2 Å². The van der Waals surface area contributed by atoms with Crippen LogP contribution < -0.4 is 10.2 Å². The second-order valence-corrected chi connectivity index (χ2v) is 10.6. The van der Waals surface area contributed by atoms with Gasteiger partial charge in [0.05, 0.1) is 5.02 Å². The van der Waals surface area contributed by atoms with Crippen molar-refractivity contribution in [1.29, 1.82) is 0 Å². The molecule has 0 bridgehead atoms. The van der Waals surface area contributed by atoms with Crippen LogP contribution in [-0.2, 0) is 10.0 Å². The van der Waals surface area contributed by atoms with Gasteiger partial charge in [-0.2, -0.15) is 4.31 Å². The van der Waals surface area contributed by atoms with Gasteiger partial charge in [-0.05, 0) is 56.2 Å². The molecule has 33 heavy (non-hydrogen) atoms. The highest BCUT2D eigenvalue weighted by Crippen LogP contribution is 2.31. The monoisotopic (exact) mass is 506 g/mol. The van der Waals surface area contributed by atoms with Gasteiger partial charge in [-0.25, -0.2) is 23.4 Å². The molecule has 1 fully saturated rings. The van der Waals surface area contributed by atoms with Crippen LogP contribution in [0.3, 0.4) is 0 Å². The number of anilines is 3. The van der Waals surface area contributed by atoms with Gasteiger partial charge in [-0.15, -0.1) is 0 Å². The van der Waals surface area contributed by atoms with Gasteiger partial charge >= 0.3 is 0 Å². The molecule has 8 nitrogen and oxygen atoms in total. The van der Waals surface area contributed by atoms with Crippen molar-refractivity contribution >= 4 is 50.7 Å². The van der Waals surface area contributed by atoms with Crippen molar-refractivity contribution in [1.82, 2.24) is 19.3 Å². The molecule has 1 aliphatic heterocycles. The Morgan fingerprint density at radius 2 is 1.64 bits per heavy atom. The molecule has 0 atom stereocenters. The van der Waals surface area contributed by atoms with Crippen molar-refractivity contribution in [2.75, 3.05) is 36.4 Å². The van der Waals surface area contributed by atoms with Crippen molar-refractivity contribution < 1.29 is 8.42 Å². The zero-order chi connectivity index (χ0) is 23.8. The quantitative estimate of drug-likeness (QED) is 0.549. The molecule has 0 unspecified atom stereocenters. The second-order valence-electron chi connectivity index (χ2n) is 7.92. The third-order valence-corrected chi connectivity index (χ3v) is 8.16. The molecule has 1 aliphatic rings. The Kier molecular flexibility index (Phi) is 6.76. The zero-order valence-electron chi connectivity index (χ0n) is 18.5. The average molecular weight is 507 g/mol. The van der Waals surface area contributed by atoms with E-state index < -0.39 is 10.0 Å². The molecule has 4 rings (SSSR count). The maximum Gasteiger partial charge on any atom is 0.244 e. The molecule has 0 saturated carbocycles. The van der Waals surface area contributed by atoms with Crippen LogP contribution in [0.15, 0.2) is 41.4 Å². The van der Waals surface area contributed by atoms with Crippen LogP contribution in [-0.4, -0.2) is 53.9 Å². The summed E-state index contributed by atoms with van der Waals surface area (Å²) in [6, 6.07) is 8.71. The van der Waals surface area contributed by atoms with Gasteiger partial charge in [-0.3, -0.25) is 0 Å². The van der Waals surface area contributed by atoms with E-state index in [-0.39, 0.29) is 9.92 Å². The smallest absolute Gasteiger partial charge is 0.244 e. The summed E-state index contributed by atoms with van der Waals surface area (Å²) in [5.41, 5.74) is 1.75. The van der Waals surface area contributed by atoms with E-state index in [0.29, 0.717) is 54.2 Å². The van der Waals surface area contributed by atoms with Crippen molar-refractivity contribution in [2.45, 2.75) is 25.7 Å². The predicted octanol–water partition coefficient (Wildman–Crippen LogP) is 4.36. The normalized spacial score (nSPS) is 15.0. The molecule has 0 amide bonds. The molecule has 1 N–H and O–H groups in total. The van der Waals surface area contributed by atoms with Crippen LogP contribution in [0, 0.1) is 20.8 Å². The van der Waals surface area contributed by atoms with E-state index in [4.69, 9.17) is 23.2 Å². The van der Waals surface area contributed by atoms with Crippen molar-refractivity contribution in [3.8, 4) is 0 Å². The van der Waals surface area contributed by atoms with Gasteiger partial charge in [0.15, 0.2) is 0 Å². The Morgan fingerprint density at radius 3 is 2.33 bits per heavy atom. The molecular weight excluding hydrogens is 483 g/mol. The minimum atomic E-state index is -3.74. The molecular formula is C22H24Cl2N6O2S. The largest absolute Gasteiger partial charge is 0.354 e. The number of benzene rings is 1. The number of aromatic nitrogens is 3. The Hall–Kier alpha value is -2.46.